The van der Waals surface area contributed by atoms with Gasteiger partial charge in [-0.25, -0.2) is 0 Å². The van der Waals surface area contributed by atoms with Crippen molar-refractivity contribution in [3.8, 4) is 39.1 Å². The lowest BCUT2D eigenvalue weighted by atomic mass is 9.81. The van der Waals surface area contributed by atoms with Crippen LogP contribution in [0.15, 0.2) is 206 Å². The molecule has 0 aliphatic carbocycles. The Bertz CT molecular complexity index is 4160. The predicted octanol–water partition coefficient (Wildman–Crippen LogP) is 21.3. The molecule has 0 amide bonds. The van der Waals surface area contributed by atoms with Gasteiger partial charge >= 0.3 is 0 Å². The summed E-state index contributed by atoms with van der Waals surface area (Å²) in [6.45, 7) is 27.8. The van der Waals surface area contributed by atoms with E-state index in [1.54, 1.807) is 0 Å². The fraction of sp³-hybridized carbons (Fsp3) is 0.216. The van der Waals surface area contributed by atoms with Gasteiger partial charge in [0.2, 0.25) is 0 Å². The van der Waals surface area contributed by atoms with Crippen molar-refractivity contribution in [3.63, 3.8) is 0 Å². The lowest BCUT2D eigenvalue weighted by molar-refractivity contribution is 0.590. The van der Waals surface area contributed by atoms with Crippen LogP contribution in [-0.4, -0.2) is 4.57 Å². The molecule has 1 heterocycles. The van der Waals surface area contributed by atoms with Crippen molar-refractivity contribution in [2.75, 3.05) is 4.90 Å². The molecule has 0 bridgehead atoms. The van der Waals surface area contributed by atoms with Gasteiger partial charge in [-0.15, -0.1) is 0 Å². The Balaban J connectivity index is 1.11. The van der Waals surface area contributed by atoms with Crippen LogP contribution in [0.25, 0.3) is 93.2 Å². The summed E-state index contributed by atoms with van der Waals surface area (Å²) in [5.41, 5.74) is 19.5. The molecule has 0 N–H and O–H groups in total. The molecule has 0 fully saturated rings. The largest absolute Gasteiger partial charge is 0.310 e. The maximum Gasteiger partial charge on any atom is 0.0541 e. The molecule has 2 heteroatoms. The first-order valence-corrected chi connectivity index (χ1v) is 27.3. The van der Waals surface area contributed by atoms with Crippen LogP contribution in [0, 0.1) is 0 Å². The van der Waals surface area contributed by atoms with Crippen molar-refractivity contribution in [3.05, 3.63) is 229 Å². The first-order chi connectivity index (χ1) is 36.2. The van der Waals surface area contributed by atoms with Crippen molar-refractivity contribution in [1.29, 1.82) is 0 Å². The molecule has 376 valence electrons. The fourth-order valence-electron chi connectivity index (χ4n) is 11.8. The van der Waals surface area contributed by atoms with Gasteiger partial charge in [0.05, 0.1) is 22.4 Å². The molecule has 0 spiro atoms. The van der Waals surface area contributed by atoms with Crippen LogP contribution < -0.4 is 4.90 Å². The van der Waals surface area contributed by atoms with E-state index >= 15 is 0 Å². The van der Waals surface area contributed by atoms with E-state index in [2.05, 4.69) is 299 Å². The SMILES string of the molecule is CC(C)(C)c1ccc(-c2ccc3c(c2)c2cc(C(C)(C)C)ccc2n3-c2ccc3ccc4c(N(c5cc(-c6ccccc6)cc(C(C)(C)C)c5)c5ccc(-c6ccccc6)c(C(C)(C)C)c5)ccc5ccc2c3c54)cc1. The first-order valence-electron chi connectivity index (χ1n) is 27.3. The topological polar surface area (TPSA) is 8.17 Å². The molecular formula is C74H70N2. The number of rotatable bonds is 7. The van der Waals surface area contributed by atoms with Gasteiger partial charge in [-0.2, -0.15) is 0 Å². The van der Waals surface area contributed by atoms with Crippen molar-refractivity contribution in [2.24, 2.45) is 0 Å². The van der Waals surface area contributed by atoms with E-state index in [-0.39, 0.29) is 21.7 Å². The standard InChI is InChI=1S/C74H70N2/c1-71(2,3)54-30-23-48(24-31-54)52-29-39-67-62(43-52)63-45-55(72(4,5)6)32-40-68(63)76(67)66-38-28-51-25-34-60-65(37-27-50-26-35-61(66)70(51)69(50)60)75(57-33-36-59(49-21-17-14-18-22-49)64(46-57)74(10,11)12)58-42-53(47-19-15-13-16-20-47)41-56(44-58)73(7,8)9/h13-46H,1-12H3. The van der Waals surface area contributed by atoms with Gasteiger partial charge in [0.15, 0.2) is 0 Å². The van der Waals surface area contributed by atoms with Crippen LogP contribution >= 0.6 is 0 Å². The molecule has 0 aliphatic rings. The number of benzene rings is 11. The molecule has 11 aromatic carbocycles. The third kappa shape index (κ3) is 8.53. The minimum atomic E-state index is -0.130. The molecule has 0 unspecified atom stereocenters. The zero-order valence-electron chi connectivity index (χ0n) is 46.5. The monoisotopic (exact) mass is 987 g/mol. The first kappa shape index (κ1) is 49.0. The predicted molar refractivity (Wildman–Crippen MR) is 330 cm³/mol. The molecule has 76 heavy (non-hydrogen) atoms. The van der Waals surface area contributed by atoms with Gasteiger partial charge in [0.1, 0.15) is 0 Å². The zero-order valence-corrected chi connectivity index (χ0v) is 46.5. The molecule has 12 rings (SSSR count). The van der Waals surface area contributed by atoms with Gasteiger partial charge in [-0.1, -0.05) is 229 Å². The Labute approximate surface area is 450 Å². The average Bonchev–Trinajstić information content (AvgIpc) is 3.85. The number of aromatic nitrogens is 1. The van der Waals surface area contributed by atoms with Crippen LogP contribution in [0.2, 0.25) is 0 Å². The normalized spacial score (nSPS) is 12.7. The van der Waals surface area contributed by atoms with Crippen molar-refractivity contribution in [1.82, 2.24) is 4.57 Å². The highest BCUT2D eigenvalue weighted by atomic mass is 15.1. The van der Waals surface area contributed by atoms with Crippen LogP contribution in [0.3, 0.4) is 0 Å². The highest BCUT2D eigenvalue weighted by molar-refractivity contribution is 6.27. The van der Waals surface area contributed by atoms with Gasteiger partial charge < -0.3 is 9.47 Å². The lowest BCUT2D eigenvalue weighted by Crippen LogP contribution is -2.17. The van der Waals surface area contributed by atoms with E-state index in [0.717, 1.165) is 17.1 Å². The molecule has 0 atom stereocenters. The van der Waals surface area contributed by atoms with Gasteiger partial charge in [0, 0.05) is 32.9 Å². The third-order valence-corrected chi connectivity index (χ3v) is 16.1. The quantitative estimate of drug-likeness (QED) is 0.145. The summed E-state index contributed by atoms with van der Waals surface area (Å²) in [7, 11) is 0. The summed E-state index contributed by atoms with van der Waals surface area (Å²) in [5, 5.41) is 10.0. The lowest BCUT2D eigenvalue weighted by Gasteiger charge is -2.32. The second-order valence-corrected chi connectivity index (χ2v) is 25.5. The van der Waals surface area contributed by atoms with E-state index in [4.69, 9.17) is 0 Å². The Morgan fingerprint density at radius 2 is 0.855 bits per heavy atom. The number of hydrogen-bond donors (Lipinski definition) is 0. The maximum atomic E-state index is 2.55. The van der Waals surface area contributed by atoms with Gasteiger partial charge in [-0.3, -0.25) is 0 Å². The average molecular weight is 987 g/mol. The van der Waals surface area contributed by atoms with Crippen molar-refractivity contribution in [2.45, 2.75) is 105 Å². The van der Waals surface area contributed by atoms with Gasteiger partial charge in [0.25, 0.3) is 0 Å². The minimum Gasteiger partial charge on any atom is -0.310 e. The molecule has 0 saturated heterocycles. The van der Waals surface area contributed by atoms with E-state index in [1.807, 2.05) is 0 Å². The molecule has 0 saturated carbocycles. The van der Waals surface area contributed by atoms with Crippen molar-refractivity contribution < 1.29 is 0 Å². The summed E-state index contributed by atoms with van der Waals surface area (Å²) >= 11 is 0. The van der Waals surface area contributed by atoms with Crippen LogP contribution in [0.1, 0.15) is 105 Å². The van der Waals surface area contributed by atoms with Gasteiger partial charge in [-0.05, 0) is 160 Å². The van der Waals surface area contributed by atoms with Crippen LogP contribution in [0.4, 0.5) is 17.1 Å². The highest BCUT2D eigenvalue weighted by Gasteiger charge is 2.27. The fourth-order valence-corrected chi connectivity index (χ4v) is 11.8. The second kappa shape index (κ2) is 17.8. The molecule has 0 radical (unpaired) electrons. The van der Waals surface area contributed by atoms with Crippen molar-refractivity contribution >= 4 is 71.2 Å². The number of fused-ring (bicyclic) bond motifs is 3. The summed E-state index contributed by atoms with van der Waals surface area (Å²) < 4.78 is 2.54. The minimum absolute atomic E-state index is 0.00295. The Morgan fingerprint density at radius 1 is 0.316 bits per heavy atom. The maximum absolute atomic E-state index is 2.55. The number of hydrogen-bond acceptors (Lipinski definition) is 1. The van der Waals surface area contributed by atoms with E-state index < -0.39 is 0 Å². The summed E-state index contributed by atoms with van der Waals surface area (Å²) in [5.74, 6) is 0. The highest BCUT2D eigenvalue weighted by Crippen LogP contribution is 2.49. The molecule has 1 aromatic heterocycles. The Hall–Kier alpha value is -7.94. The number of nitrogens with zero attached hydrogens (tertiary/aromatic N) is 2. The molecule has 0 aliphatic heterocycles. The molecule has 12 aromatic rings. The summed E-state index contributed by atoms with van der Waals surface area (Å²) in [6, 6.07) is 78.5. The van der Waals surface area contributed by atoms with Crippen LogP contribution in [-0.2, 0) is 21.7 Å². The molecular weight excluding hydrogens is 917 g/mol. The van der Waals surface area contributed by atoms with Crippen LogP contribution in [0.5, 0.6) is 0 Å². The van der Waals surface area contributed by atoms with E-state index in [9.17, 15) is 0 Å². The summed E-state index contributed by atoms with van der Waals surface area (Å²) in [4.78, 5) is 2.55. The van der Waals surface area contributed by atoms with E-state index in [1.165, 1.54) is 115 Å². The zero-order chi connectivity index (χ0) is 53.1. The summed E-state index contributed by atoms with van der Waals surface area (Å²) in [6.07, 6.45) is 0. The number of anilines is 3. The second-order valence-electron chi connectivity index (χ2n) is 25.5. The Kier molecular flexibility index (Phi) is 11.5. The smallest absolute Gasteiger partial charge is 0.0541 e. The Morgan fingerprint density at radius 3 is 1.50 bits per heavy atom. The third-order valence-electron chi connectivity index (χ3n) is 16.1. The molecule has 2 nitrogen and oxygen atoms in total. The van der Waals surface area contributed by atoms with E-state index in [0.29, 0.717) is 0 Å².